The Kier molecular flexibility index (Phi) is 3.24. The van der Waals surface area contributed by atoms with Gasteiger partial charge in [0, 0.05) is 12.1 Å². The van der Waals surface area contributed by atoms with Gasteiger partial charge in [-0.25, -0.2) is 4.39 Å². The third kappa shape index (κ3) is 2.53. The number of hydrogen-bond acceptors (Lipinski definition) is 2. The van der Waals surface area contributed by atoms with Crippen LogP contribution in [0.2, 0.25) is 0 Å². The standard InChI is InChI=1S/C11H16FNO/c1-11(2,14)9-5-4-8(7-13-3)6-10(9)12/h4-6,13-14H,7H2,1-3H3. The van der Waals surface area contributed by atoms with Crippen LogP contribution >= 0.6 is 0 Å². The lowest BCUT2D eigenvalue weighted by Crippen LogP contribution is -2.18. The minimum Gasteiger partial charge on any atom is -0.386 e. The molecule has 0 saturated carbocycles. The van der Waals surface area contributed by atoms with E-state index in [1.54, 1.807) is 19.9 Å². The zero-order valence-electron chi connectivity index (χ0n) is 8.76. The largest absolute Gasteiger partial charge is 0.386 e. The Morgan fingerprint density at radius 1 is 1.43 bits per heavy atom. The fourth-order valence-electron chi connectivity index (χ4n) is 1.37. The molecule has 0 atom stereocenters. The minimum atomic E-state index is -1.12. The summed E-state index contributed by atoms with van der Waals surface area (Å²) in [6, 6.07) is 4.89. The summed E-state index contributed by atoms with van der Waals surface area (Å²) in [6.07, 6.45) is 0. The molecule has 0 aromatic heterocycles. The van der Waals surface area contributed by atoms with E-state index in [2.05, 4.69) is 5.32 Å². The first kappa shape index (κ1) is 11.1. The maximum Gasteiger partial charge on any atom is 0.129 e. The molecule has 0 unspecified atom stereocenters. The van der Waals surface area contributed by atoms with Crippen molar-refractivity contribution in [2.75, 3.05) is 7.05 Å². The summed E-state index contributed by atoms with van der Waals surface area (Å²) in [5.41, 5.74) is 0.0813. The van der Waals surface area contributed by atoms with E-state index in [0.29, 0.717) is 12.1 Å². The summed E-state index contributed by atoms with van der Waals surface area (Å²) in [5, 5.41) is 12.6. The third-order valence-corrected chi connectivity index (χ3v) is 2.07. The topological polar surface area (TPSA) is 32.3 Å². The van der Waals surface area contributed by atoms with E-state index < -0.39 is 5.60 Å². The fourth-order valence-corrected chi connectivity index (χ4v) is 1.37. The summed E-state index contributed by atoms with van der Waals surface area (Å²) < 4.78 is 13.5. The van der Waals surface area contributed by atoms with Crippen LogP contribution in [-0.4, -0.2) is 12.2 Å². The molecule has 1 aromatic rings. The van der Waals surface area contributed by atoms with Crippen LogP contribution in [0.15, 0.2) is 18.2 Å². The lowest BCUT2D eigenvalue weighted by molar-refractivity contribution is 0.0745. The average Bonchev–Trinajstić information content (AvgIpc) is 2.02. The van der Waals surface area contributed by atoms with Crippen molar-refractivity contribution in [3.63, 3.8) is 0 Å². The Bertz CT molecular complexity index is 318. The number of benzene rings is 1. The van der Waals surface area contributed by atoms with Crippen molar-refractivity contribution in [1.82, 2.24) is 5.32 Å². The van der Waals surface area contributed by atoms with Gasteiger partial charge in [0.15, 0.2) is 0 Å². The van der Waals surface area contributed by atoms with Gasteiger partial charge in [-0.3, -0.25) is 0 Å². The molecule has 2 N–H and O–H groups in total. The van der Waals surface area contributed by atoms with Crippen molar-refractivity contribution in [3.05, 3.63) is 35.1 Å². The number of rotatable bonds is 3. The molecule has 0 aliphatic carbocycles. The van der Waals surface area contributed by atoms with Gasteiger partial charge in [0.25, 0.3) is 0 Å². The molecule has 0 bridgehead atoms. The van der Waals surface area contributed by atoms with Crippen LogP contribution in [-0.2, 0) is 12.1 Å². The zero-order valence-corrected chi connectivity index (χ0v) is 8.76. The molecular weight excluding hydrogens is 181 g/mol. The van der Waals surface area contributed by atoms with E-state index in [9.17, 15) is 9.50 Å². The number of aliphatic hydroxyl groups is 1. The smallest absolute Gasteiger partial charge is 0.129 e. The molecular formula is C11H16FNO. The number of halogens is 1. The van der Waals surface area contributed by atoms with Gasteiger partial charge in [-0.05, 0) is 32.5 Å². The molecule has 0 aliphatic rings. The van der Waals surface area contributed by atoms with Crippen molar-refractivity contribution >= 4 is 0 Å². The highest BCUT2D eigenvalue weighted by atomic mass is 19.1. The summed E-state index contributed by atoms with van der Waals surface area (Å²) in [6.45, 7) is 3.77. The molecule has 78 valence electrons. The fraction of sp³-hybridized carbons (Fsp3) is 0.455. The molecule has 0 amide bonds. The molecule has 1 aromatic carbocycles. The van der Waals surface area contributed by atoms with E-state index in [4.69, 9.17) is 0 Å². The van der Waals surface area contributed by atoms with Crippen LogP contribution in [0, 0.1) is 5.82 Å². The van der Waals surface area contributed by atoms with Gasteiger partial charge in [0.2, 0.25) is 0 Å². The molecule has 2 nitrogen and oxygen atoms in total. The minimum absolute atomic E-state index is 0.331. The third-order valence-electron chi connectivity index (χ3n) is 2.07. The Hall–Kier alpha value is -0.930. The van der Waals surface area contributed by atoms with Crippen molar-refractivity contribution in [2.45, 2.75) is 26.0 Å². The number of hydrogen-bond donors (Lipinski definition) is 2. The number of nitrogens with one attached hydrogen (secondary N) is 1. The van der Waals surface area contributed by atoms with Crippen LogP contribution < -0.4 is 5.32 Å². The van der Waals surface area contributed by atoms with Gasteiger partial charge in [-0.1, -0.05) is 12.1 Å². The van der Waals surface area contributed by atoms with Crippen molar-refractivity contribution in [3.8, 4) is 0 Å². The quantitative estimate of drug-likeness (QED) is 0.774. The van der Waals surface area contributed by atoms with E-state index in [0.717, 1.165) is 5.56 Å². The Labute approximate surface area is 83.8 Å². The SMILES string of the molecule is CNCc1ccc(C(C)(C)O)c(F)c1. The van der Waals surface area contributed by atoms with E-state index in [-0.39, 0.29) is 5.82 Å². The normalized spacial score (nSPS) is 11.8. The summed E-state index contributed by atoms with van der Waals surface area (Å²) >= 11 is 0. The van der Waals surface area contributed by atoms with Gasteiger partial charge in [-0.2, -0.15) is 0 Å². The van der Waals surface area contributed by atoms with Crippen molar-refractivity contribution in [1.29, 1.82) is 0 Å². The van der Waals surface area contributed by atoms with Crippen LogP contribution in [0.3, 0.4) is 0 Å². The maximum atomic E-state index is 13.5. The highest BCUT2D eigenvalue weighted by Crippen LogP contribution is 2.23. The van der Waals surface area contributed by atoms with E-state index in [1.165, 1.54) is 6.07 Å². The molecule has 0 saturated heterocycles. The second kappa shape index (κ2) is 4.07. The van der Waals surface area contributed by atoms with Gasteiger partial charge in [0.1, 0.15) is 5.82 Å². The Morgan fingerprint density at radius 3 is 2.50 bits per heavy atom. The van der Waals surface area contributed by atoms with Crippen LogP contribution in [0.4, 0.5) is 4.39 Å². The van der Waals surface area contributed by atoms with Crippen molar-refractivity contribution < 1.29 is 9.50 Å². The van der Waals surface area contributed by atoms with Gasteiger partial charge in [-0.15, -0.1) is 0 Å². The van der Waals surface area contributed by atoms with E-state index in [1.807, 2.05) is 13.1 Å². The average molecular weight is 197 g/mol. The van der Waals surface area contributed by atoms with Gasteiger partial charge < -0.3 is 10.4 Å². The van der Waals surface area contributed by atoms with Crippen LogP contribution in [0.25, 0.3) is 0 Å². The lowest BCUT2D eigenvalue weighted by atomic mass is 9.96. The van der Waals surface area contributed by atoms with Crippen LogP contribution in [0.5, 0.6) is 0 Å². The van der Waals surface area contributed by atoms with Gasteiger partial charge >= 0.3 is 0 Å². The molecule has 3 heteroatoms. The second-order valence-electron chi connectivity index (χ2n) is 3.90. The summed E-state index contributed by atoms with van der Waals surface area (Å²) in [5.74, 6) is -0.356. The molecule has 0 heterocycles. The molecule has 14 heavy (non-hydrogen) atoms. The lowest BCUT2D eigenvalue weighted by Gasteiger charge is -2.18. The van der Waals surface area contributed by atoms with Crippen LogP contribution in [0.1, 0.15) is 25.0 Å². The molecule has 0 aliphatic heterocycles. The van der Waals surface area contributed by atoms with Crippen molar-refractivity contribution in [2.24, 2.45) is 0 Å². The highest BCUT2D eigenvalue weighted by Gasteiger charge is 2.20. The predicted molar refractivity (Wildman–Crippen MR) is 54.4 cm³/mol. The molecule has 0 spiro atoms. The summed E-state index contributed by atoms with van der Waals surface area (Å²) in [4.78, 5) is 0. The maximum absolute atomic E-state index is 13.5. The van der Waals surface area contributed by atoms with Gasteiger partial charge in [0.05, 0.1) is 5.60 Å². The second-order valence-corrected chi connectivity index (χ2v) is 3.90. The molecule has 0 radical (unpaired) electrons. The predicted octanol–water partition coefficient (Wildman–Crippen LogP) is 1.77. The molecule has 1 rings (SSSR count). The van der Waals surface area contributed by atoms with E-state index >= 15 is 0 Å². The molecule has 0 fully saturated rings. The zero-order chi connectivity index (χ0) is 10.8. The first-order chi connectivity index (χ1) is 6.45. The Balaban J connectivity index is 3.02. The first-order valence-corrected chi connectivity index (χ1v) is 4.61. The first-order valence-electron chi connectivity index (χ1n) is 4.61. The monoisotopic (exact) mass is 197 g/mol. The highest BCUT2D eigenvalue weighted by molar-refractivity contribution is 5.28. The Morgan fingerprint density at radius 2 is 2.07 bits per heavy atom. The summed E-state index contributed by atoms with van der Waals surface area (Å²) in [7, 11) is 1.81.